The molecule has 1 aromatic heterocycles. The molecule has 4 heteroatoms. The van der Waals surface area contributed by atoms with E-state index in [1.54, 1.807) is 7.11 Å². The monoisotopic (exact) mass is 252 g/mol. The molecule has 17 heavy (non-hydrogen) atoms. The molecule has 92 valence electrons. The van der Waals surface area contributed by atoms with Crippen LogP contribution < -0.4 is 0 Å². The number of halogens is 1. The van der Waals surface area contributed by atoms with Gasteiger partial charge in [-0.25, -0.2) is 4.98 Å². The summed E-state index contributed by atoms with van der Waals surface area (Å²) in [7, 11) is 1.73. The summed E-state index contributed by atoms with van der Waals surface area (Å²) in [4.78, 5) is 4.62. The molecule has 0 aliphatic rings. The van der Waals surface area contributed by atoms with Gasteiger partial charge in [0, 0.05) is 32.6 Å². The quantitative estimate of drug-likeness (QED) is 0.584. The number of rotatable bonds is 6. The zero-order valence-corrected chi connectivity index (χ0v) is 10.8. The molecule has 0 unspecified atom stereocenters. The number of nitrogens with zero attached hydrogens (tertiary/aromatic N) is 2. The number of alkyl halides is 1. The summed E-state index contributed by atoms with van der Waals surface area (Å²) in [6, 6.07) is 8.20. The van der Waals surface area contributed by atoms with E-state index in [-0.39, 0.29) is 0 Å². The van der Waals surface area contributed by atoms with Crippen molar-refractivity contribution in [3.63, 3.8) is 0 Å². The van der Waals surface area contributed by atoms with E-state index >= 15 is 0 Å². The second-order valence-electron chi connectivity index (χ2n) is 3.95. The molecule has 2 aromatic rings. The third-order valence-corrected chi connectivity index (χ3v) is 2.97. The number of hydrogen-bond donors (Lipinski definition) is 0. The van der Waals surface area contributed by atoms with Crippen LogP contribution in [0, 0.1) is 0 Å². The third kappa shape index (κ3) is 2.79. The summed E-state index contributed by atoms with van der Waals surface area (Å²) in [6.45, 7) is 1.70. The zero-order chi connectivity index (χ0) is 12.1. The standard InChI is InChI=1S/C13H17ClN2O/c1-17-10-4-9-16-12-6-3-2-5-11(12)15-13(16)7-8-14/h2-3,5-6H,4,7-10H2,1H3. The van der Waals surface area contributed by atoms with Crippen LogP contribution in [0.15, 0.2) is 24.3 Å². The lowest BCUT2D eigenvalue weighted by Crippen LogP contribution is -2.06. The molecule has 1 heterocycles. The molecule has 0 bridgehead atoms. The van der Waals surface area contributed by atoms with E-state index < -0.39 is 0 Å². The maximum atomic E-state index is 5.82. The first-order valence-electron chi connectivity index (χ1n) is 5.86. The van der Waals surface area contributed by atoms with E-state index in [0.29, 0.717) is 5.88 Å². The predicted molar refractivity (Wildman–Crippen MR) is 70.7 cm³/mol. The van der Waals surface area contributed by atoms with Gasteiger partial charge >= 0.3 is 0 Å². The first kappa shape index (κ1) is 12.4. The number of methoxy groups -OCH3 is 1. The number of fused-ring (bicyclic) bond motifs is 1. The summed E-state index contributed by atoms with van der Waals surface area (Å²) < 4.78 is 7.34. The Morgan fingerprint density at radius 2 is 2.18 bits per heavy atom. The molecule has 0 saturated heterocycles. The Bertz CT molecular complexity index is 481. The van der Waals surface area contributed by atoms with Crippen LogP contribution >= 0.6 is 11.6 Å². The van der Waals surface area contributed by atoms with Gasteiger partial charge in [0.05, 0.1) is 11.0 Å². The van der Waals surface area contributed by atoms with Gasteiger partial charge in [0.25, 0.3) is 0 Å². The summed E-state index contributed by atoms with van der Waals surface area (Å²) in [5, 5.41) is 0. The minimum absolute atomic E-state index is 0.605. The minimum atomic E-state index is 0.605. The zero-order valence-electron chi connectivity index (χ0n) is 10.0. The molecule has 0 fully saturated rings. The second kappa shape index (κ2) is 6.03. The average molecular weight is 253 g/mol. The van der Waals surface area contributed by atoms with Gasteiger partial charge in [-0.3, -0.25) is 0 Å². The molecular weight excluding hydrogens is 236 g/mol. The lowest BCUT2D eigenvalue weighted by Gasteiger charge is -2.07. The van der Waals surface area contributed by atoms with E-state index in [2.05, 4.69) is 15.6 Å². The van der Waals surface area contributed by atoms with Crippen LogP contribution in [0.4, 0.5) is 0 Å². The summed E-state index contributed by atoms with van der Waals surface area (Å²) >= 11 is 5.82. The first-order valence-corrected chi connectivity index (χ1v) is 6.39. The molecule has 0 amide bonds. The SMILES string of the molecule is COCCCn1c(CCCl)nc2ccccc21. The van der Waals surface area contributed by atoms with Crippen LogP contribution in [0.2, 0.25) is 0 Å². The van der Waals surface area contributed by atoms with E-state index in [1.165, 1.54) is 5.52 Å². The summed E-state index contributed by atoms with van der Waals surface area (Å²) in [5.41, 5.74) is 2.23. The number of ether oxygens (including phenoxy) is 1. The van der Waals surface area contributed by atoms with Crippen LogP contribution in [0.5, 0.6) is 0 Å². The summed E-state index contributed by atoms with van der Waals surface area (Å²) in [5.74, 6) is 1.67. The molecule has 1 aromatic carbocycles. The number of aromatic nitrogens is 2. The Balaban J connectivity index is 2.30. The van der Waals surface area contributed by atoms with Crippen LogP contribution in [-0.4, -0.2) is 29.1 Å². The predicted octanol–water partition coefficient (Wildman–Crippen LogP) is 2.85. The molecule has 2 rings (SSSR count). The molecule has 0 radical (unpaired) electrons. The lowest BCUT2D eigenvalue weighted by molar-refractivity contribution is 0.190. The van der Waals surface area contributed by atoms with Crippen molar-refractivity contribution in [1.29, 1.82) is 0 Å². The number of hydrogen-bond acceptors (Lipinski definition) is 2. The molecule has 0 aliphatic heterocycles. The van der Waals surface area contributed by atoms with Crippen molar-refractivity contribution in [3.05, 3.63) is 30.1 Å². The maximum absolute atomic E-state index is 5.82. The number of benzene rings is 1. The van der Waals surface area contributed by atoms with Gasteiger partial charge < -0.3 is 9.30 Å². The van der Waals surface area contributed by atoms with Gasteiger partial charge in [-0.15, -0.1) is 11.6 Å². The van der Waals surface area contributed by atoms with Crippen LogP contribution in [0.1, 0.15) is 12.2 Å². The minimum Gasteiger partial charge on any atom is -0.385 e. The molecule has 0 spiro atoms. The van der Waals surface area contributed by atoms with Crippen molar-refractivity contribution in [2.45, 2.75) is 19.4 Å². The highest BCUT2D eigenvalue weighted by atomic mass is 35.5. The Morgan fingerprint density at radius 3 is 2.94 bits per heavy atom. The van der Waals surface area contributed by atoms with Gasteiger partial charge in [-0.2, -0.15) is 0 Å². The largest absolute Gasteiger partial charge is 0.385 e. The molecule has 0 aliphatic carbocycles. The molecule has 0 N–H and O–H groups in total. The lowest BCUT2D eigenvalue weighted by atomic mass is 10.3. The number of aryl methyl sites for hydroxylation is 2. The van der Waals surface area contributed by atoms with Crippen LogP contribution in [0.3, 0.4) is 0 Å². The number of imidazole rings is 1. The van der Waals surface area contributed by atoms with E-state index in [1.807, 2.05) is 18.2 Å². The van der Waals surface area contributed by atoms with Gasteiger partial charge in [0.2, 0.25) is 0 Å². The van der Waals surface area contributed by atoms with E-state index in [4.69, 9.17) is 16.3 Å². The van der Waals surface area contributed by atoms with Crippen molar-refractivity contribution < 1.29 is 4.74 Å². The van der Waals surface area contributed by atoms with Gasteiger partial charge in [0.15, 0.2) is 0 Å². The second-order valence-corrected chi connectivity index (χ2v) is 4.33. The summed E-state index contributed by atoms with van der Waals surface area (Å²) in [6.07, 6.45) is 1.80. The molecule has 3 nitrogen and oxygen atoms in total. The Labute approximate surface area is 106 Å². The highest BCUT2D eigenvalue weighted by molar-refractivity contribution is 6.17. The van der Waals surface area contributed by atoms with Crippen LogP contribution in [0.25, 0.3) is 11.0 Å². The fourth-order valence-electron chi connectivity index (χ4n) is 2.02. The van der Waals surface area contributed by atoms with Crippen molar-refractivity contribution in [2.75, 3.05) is 19.6 Å². The normalized spacial score (nSPS) is 11.2. The van der Waals surface area contributed by atoms with Gasteiger partial charge in [-0.1, -0.05) is 12.1 Å². The van der Waals surface area contributed by atoms with Crippen molar-refractivity contribution >= 4 is 22.6 Å². The topological polar surface area (TPSA) is 27.1 Å². The van der Waals surface area contributed by atoms with Gasteiger partial charge in [-0.05, 0) is 18.6 Å². The highest BCUT2D eigenvalue weighted by Crippen LogP contribution is 2.17. The van der Waals surface area contributed by atoms with E-state index in [9.17, 15) is 0 Å². The van der Waals surface area contributed by atoms with Crippen molar-refractivity contribution in [2.24, 2.45) is 0 Å². The maximum Gasteiger partial charge on any atom is 0.111 e. The van der Waals surface area contributed by atoms with Crippen molar-refractivity contribution in [1.82, 2.24) is 9.55 Å². The van der Waals surface area contributed by atoms with Gasteiger partial charge in [0.1, 0.15) is 5.82 Å². The fraction of sp³-hybridized carbons (Fsp3) is 0.462. The average Bonchev–Trinajstić information content (AvgIpc) is 2.69. The van der Waals surface area contributed by atoms with Crippen LogP contribution in [-0.2, 0) is 17.7 Å². The molecule has 0 atom stereocenters. The Kier molecular flexibility index (Phi) is 4.40. The molecule has 0 saturated carbocycles. The Morgan fingerprint density at radius 1 is 1.35 bits per heavy atom. The van der Waals surface area contributed by atoms with Crippen molar-refractivity contribution in [3.8, 4) is 0 Å². The Hall–Kier alpha value is -1.06. The van der Waals surface area contributed by atoms with E-state index in [0.717, 1.165) is 37.3 Å². The third-order valence-electron chi connectivity index (χ3n) is 2.78. The number of para-hydroxylation sites is 2. The fourth-order valence-corrected chi connectivity index (χ4v) is 2.19. The molecular formula is C13H17ClN2O. The highest BCUT2D eigenvalue weighted by Gasteiger charge is 2.09. The smallest absolute Gasteiger partial charge is 0.111 e. The first-order chi connectivity index (χ1) is 8.36.